The first-order valence-electron chi connectivity index (χ1n) is 7.71. The maximum atomic E-state index is 12.5. The Balaban J connectivity index is 1.82. The van der Waals surface area contributed by atoms with Gasteiger partial charge in [0.1, 0.15) is 0 Å². The molecule has 4 heteroatoms. The highest BCUT2D eigenvalue weighted by atomic mass is 35.5. The highest BCUT2D eigenvalue weighted by Gasteiger charge is 2.17. The number of halogens is 1. The summed E-state index contributed by atoms with van der Waals surface area (Å²) in [6.45, 7) is 0. The fraction of sp³-hybridized carbons (Fsp3) is 0.100. The van der Waals surface area contributed by atoms with Crippen LogP contribution in [0.3, 0.4) is 0 Å². The molecule has 0 aliphatic carbocycles. The van der Waals surface area contributed by atoms with Crippen LogP contribution in [0.4, 0.5) is 0 Å². The van der Waals surface area contributed by atoms with Gasteiger partial charge in [-0.15, -0.1) is 0 Å². The van der Waals surface area contributed by atoms with E-state index in [0.29, 0.717) is 11.4 Å². The molecular formula is C20H17ClN2O. The summed E-state index contributed by atoms with van der Waals surface area (Å²) >= 11 is 5.98. The maximum absolute atomic E-state index is 12.5. The summed E-state index contributed by atoms with van der Waals surface area (Å²) in [7, 11) is 0. The van der Waals surface area contributed by atoms with Crippen molar-refractivity contribution in [2.45, 2.75) is 12.5 Å². The van der Waals surface area contributed by atoms with Gasteiger partial charge in [0, 0.05) is 17.4 Å². The van der Waals surface area contributed by atoms with Crippen molar-refractivity contribution in [1.29, 1.82) is 0 Å². The van der Waals surface area contributed by atoms with Crippen LogP contribution in [0.15, 0.2) is 79.1 Å². The monoisotopic (exact) mass is 336 g/mol. The van der Waals surface area contributed by atoms with E-state index < -0.39 is 0 Å². The molecule has 1 N–H and O–H groups in total. The van der Waals surface area contributed by atoms with Crippen molar-refractivity contribution in [2.75, 3.05) is 0 Å². The van der Waals surface area contributed by atoms with Crippen LogP contribution in [0.2, 0.25) is 5.02 Å². The van der Waals surface area contributed by atoms with Gasteiger partial charge in [0.15, 0.2) is 0 Å². The third-order valence-electron chi connectivity index (χ3n) is 3.73. The number of aromatic nitrogens is 1. The maximum Gasteiger partial charge on any atom is 0.225 e. The van der Waals surface area contributed by atoms with E-state index in [1.54, 1.807) is 12.4 Å². The first kappa shape index (κ1) is 16.2. The molecule has 0 aliphatic rings. The lowest BCUT2D eigenvalue weighted by Crippen LogP contribution is -2.30. The van der Waals surface area contributed by atoms with E-state index in [4.69, 9.17) is 11.6 Å². The van der Waals surface area contributed by atoms with Crippen LogP contribution in [-0.4, -0.2) is 10.9 Å². The molecular weight excluding hydrogens is 320 g/mol. The molecule has 24 heavy (non-hydrogen) atoms. The largest absolute Gasteiger partial charge is 0.345 e. The first-order valence-corrected chi connectivity index (χ1v) is 8.09. The van der Waals surface area contributed by atoms with Crippen LogP contribution in [-0.2, 0) is 11.2 Å². The van der Waals surface area contributed by atoms with Crippen molar-refractivity contribution in [3.8, 4) is 0 Å². The highest BCUT2D eigenvalue weighted by Crippen LogP contribution is 2.23. The van der Waals surface area contributed by atoms with E-state index in [2.05, 4.69) is 10.3 Å². The lowest BCUT2D eigenvalue weighted by atomic mass is 9.99. The van der Waals surface area contributed by atoms with Gasteiger partial charge in [-0.1, -0.05) is 60.1 Å². The number of nitrogens with one attached hydrogen (secondary N) is 1. The van der Waals surface area contributed by atoms with E-state index in [1.165, 1.54) is 0 Å². The van der Waals surface area contributed by atoms with Gasteiger partial charge in [-0.05, 0) is 34.9 Å². The average molecular weight is 337 g/mol. The van der Waals surface area contributed by atoms with Crippen LogP contribution in [0.5, 0.6) is 0 Å². The third kappa shape index (κ3) is 4.21. The predicted octanol–water partition coefficient (Wildman–Crippen LogP) is 4.18. The molecule has 0 fully saturated rings. The molecule has 1 aromatic heterocycles. The van der Waals surface area contributed by atoms with Gasteiger partial charge in [0.25, 0.3) is 0 Å². The predicted molar refractivity (Wildman–Crippen MR) is 95.8 cm³/mol. The Labute approximate surface area is 146 Å². The molecule has 120 valence electrons. The van der Waals surface area contributed by atoms with Gasteiger partial charge in [0.05, 0.1) is 12.5 Å². The summed E-state index contributed by atoms with van der Waals surface area (Å²) in [5, 5.41) is 3.76. The SMILES string of the molecule is O=C(Cc1ccccc1)NC(c1ccc(Cl)cc1)c1cccnc1. The molecule has 0 bridgehead atoms. The van der Waals surface area contributed by atoms with Crippen molar-refractivity contribution >= 4 is 17.5 Å². The van der Waals surface area contributed by atoms with E-state index in [1.807, 2.05) is 66.7 Å². The van der Waals surface area contributed by atoms with E-state index >= 15 is 0 Å². The van der Waals surface area contributed by atoms with Crippen molar-refractivity contribution in [3.05, 3.63) is 101 Å². The number of carbonyl (C=O) groups excluding carboxylic acids is 1. The Hall–Kier alpha value is -2.65. The Morgan fingerprint density at radius 3 is 2.38 bits per heavy atom. The highest BCUT2D eigenvalue weighted by molar-refractivity contribution is 6.30. The van der Waals surface area contributed by atoms with Crippen LogP contribution < -0.4 is 5.32 Å². The van der Waals surface area contributed by atoms with Gasteiger partial charge < -0.3 is 5.32 Å². The summed E-state index contributed by atoms with van der Waals surface area (Å²) in [4.78, 5) is 16.6. The van der Waals surface area contributed by atoms with Gasteiger partial charge in [-0.2, -0.15) is 0 Å². The van der Waals surface area contributed by atoms with Crippen LogP contribution in [0.1, 0.15) is 22.7 Å². The van der Waals surface area contributed by atoms with Crippen molar-refractivity contribution < 1.29 is 4.79 Å². The summed E-state index contributed by atoms with van der Waals surface area (Å²) in [6, 6.07) is 20.7. The number of rotatable bonds is 5. The van der Waals surface area contributed by atoms with E-state index in [-0.39, 0.29) is 11.9 Å². The molecule has 1 heterocycles. The zero-order valence-corrected chi connectivity index (χ0v) is 13.8. The standard InChI is InChI=1S/C20H17ClN2O/c21-18-10-8-16(9-11-18)20(17-7-4-12-22-14-17)23-19(24)13-15-5-2-1-3-6-15/h1-12,14,20H,13H2,(H,23,24). The lowest BCUT2D eigenvalue weighted by Gasteiger charge is -2.19. The minimum absolute atomic E-state index is 0.0370. The van der Waals surface area contributed by atoms with Gasteiger partial charge in [-0.25, -0.2) is 0 Å². The number of hydrogen-bond donors (Lipinski definition) is 1. The third-order valence-corrected chi connectivity index (χ3v) is 3.99. The molecule has 0 spiro atoms. The normalized spacial score (nSPS) is 11.7. The average Bonchev–Trinajstić information content (AvgIpc) is 2.62. The molecule has 0 aliphatic heterocycles. The number of pyridine rings is 1. The van der Waals surface area contributed by atoms with Gasteiger partial charge in [-0.3, -0.25) is 9.78 Å². The zero-order valence-electron chi connectivity index (χ0n) is 13.0. The Morgan fingerprint density at radius 2 is 1.71 bits per heavy atom. The Kier molecular flexibility index (Phi) is 5.24. The molecule has 0 radical (unpaired) electrons. The number of amides is 1. The van der Waals surface area contributed by atoms with Crippen LogP contribution >= 0.6 is 11.6 Å². The Morgan fingerprint density at radius 1 is 0.958 bits per heavy atom. The van der Waals surface area contributed by atoms with Crippen LogP contribution in [0, 0.1) is 0 Å². The second kappa shape index (κ2) is 7.75. The number of benzene rings is 2. The second-order valence-corrected chi connectivity index (χ2v) is 5.94. The molecule has 0 saturated heterocycles. The smallest absolute Gasteiger partial charge is 0.225 e. The molecule has 2 aromatic carbocycles. The molecule has 3 nitrogen and oxygen atoms in total. The topological polar surface area (TPSA) is 42.0 Å². The summed E-state index contributed by atoms with van der Waals surface area (Å²) in [5.74, 6) is -0.0370. The van der Waals surface area contributed by atoms with Crippen molar-refractivity contribution in [3.63, 3.8) is 0 Å². The summed E-state index contributed by atoms with van der Waals surface area (Å²) in [6.07, 6.45) is 3.82. The number of hydrogen-bond acceptors (Lipinski definition) is 2. The minimum Gasteiger partial charge on any atom is -0.345 e. The van der Waals surface area contributed by atoms with E-state index in [0.717, 1.165) is 16.7 Å². The second-order valence-electron chi connectivity index (χ2n) is 5.50. The summed E-state index contributed by atoms with van der Waals surface area (Å²) < 4.78 is 0. The lowest BCUT2D eigenvalue weighted by molar-refractivity contribution is -0.120. The molecule has 1 unspecified atom stereocenters. The molecule has 3 aromatic rings. The molecule has 1 amide bonds. The van der Waals surface area contributed by atoms with Crippen LogP contribution in [0.25, 0.3) is 0 Å². The first-order chi connectivity index (χ1) is 11.7. The number of carbonyl (C=O) groups is 1. The minimum atomic E-state index is -0.257. The quantitative estimate of drug-likeness (QED) is 0.759. The van der Waals surface area contributed by atoms with E-state index in [9.17, 15) is 4.79 Å². The van der Waals surface area contributed by atoms with Crippen molar-refractivity contribution in [1.82, 2.24) is 10.3 Å². The number of nitrogens with zero attached hydrogens (tertiary/aromatic N) is 1. The summed E-state index contributed by atoms with van der Waals surface area (Å²) in [5.41, 5.74) is 2.88. The Bertz CT molecular complexity index is 789. The molecule has 1 atom stereocenters. The zero-order chi connectivity index (χ0) is 16.8. The van der Waals surface area contributed by atoms with Gasteiger partial charge in [0.2, 0.25) is 5.91 Å². The molecule has 0 saturated carbocycles. The van der Waals surface area contributed by atoms with Gasteiger partial charge >= 0.3 is 0 Å². The fourth-order valence-electron chi connectivity index (χ4n) is 2.55. The fourth-order valence-corrected chi connectivity index (χ4v) is 2.68. The molecule has 3 rings (SSSR count). The van der Waals surface area contributed by atoms with Crippen molar-refractivity contribution in [2.24, 2.45) is 0 Å².